The Labute approximate surface area is 160 Å². The second-order valence-corrected chi connectivity index (χ2v) is 7.46. The molecule has 1 atom stereocenters. The van der Waals surface area contributed by atoms with E-state index < -0.39 is 11.9 Å². The topological polar surface area (TPSA) is 72.6 Å². The predicted octanol–water partition coefficient (Wildman–Crippen LogP) is 3.81. The summed E-state index contributed by atoms with van der Waals surface area (Å²) in [4.78, 5) is 27.3. The molecule has 1 fully saturated rings. The molecule has 1 amide bonds. The average Bonchev–Trinajstić information content (AvgIpc) is 3.41. The Bertz CT molecular complexity index is 947. The third-order valence-corrected chi connectivity index (χ3v) is 5.37. The largest absolute Gasteiger partial charge is 0.459 e. The van der Waals surface area contributed by atoms with E-state index >= 15 is 0 Å². The van der Waals surface area contributed by atoms with Crippen LogP contribution < -0.4 is 4.90 Å². The number of hydrogen-bond acceptors (Lipinski definition) is 6. The van der Waals surface area contributed by atoms with Gasteiger partial charge in [0.2, 0.25) is 5.91 Å². The number of aryl methyl sites for hydroxylation is 1. The van der Waals surface area contributed by atoms with Crippen molar-refractivity contribution in [2.24, 2.45) is 5.92 Å². The molecule has 3 heterocycles. The van der Waals surface area contributed by atoms with E-state index in [0.29, 0.717) is 18.0 Å². The number of esters is 1. The van der Waals surface area contributed by atoms with Gasteiger partial charge in [-0.25, -0.2) is 0 Å². The molecule has 1 aromatic carbocycles. The van der Waals surface area contributed by atoms with E-state index in [4.69, 9.17) is 9.26 Å². The molecule has 0 aliphatic carbocycles. The van der Waals surface area contributed by atoms with Crippen molar-refractivity contribution in [2.45, 2.75) is 20.0 Å². The normalized spacial score (nSPS) is 16.7. The summed E-state index contributed by atoms with van der Waals surface area (Å²) in [5.74, 6) is -0.277. The summed E-state index contributed by atoms with van der Waals surface area (Å²) in [5.41, 5.74) is 2.47. The number of rotatable bonds is 5. The molecule has 4 rings (SSSR count). The zero-order valence-corrected chi connectivity index (χ0v) is 15.6. The second kappa shape index (κ2) is 7.36. The van der Waals surface area contributed by atoms with Gasteiger partial charge < -0.3 is 14.2 Å². The van der Waals surface area contributed by atoms with E-state index in [-0.39, 0.29) is 18.9 Å². The van der Waals surface area contributed by atoms with Crippen LogP contribution in [0.25, 0.3) is 10.6 Å². The van der Waals surface area contributed by atoms with Gasteiger partial charge in [0.1, 0.15) is 12.3 Å². The molecule has 0 spiro atoms. The third-order valence-electron chi connectivity index (χ3n) is 4.49. The highest BCUT2D eigenvalue weighted by molar-refractivity contribution is 7.13. The Morgan fingerprint density at radius 1 is 1.33 bits per heavy atom. The Balaban J connectivity index is 1.35. The number of carbonyl (C=O) groups is 2. The van der Waals surface area contributed by atoms with Crippen LogP contribution in [-0.2, 0) is 20.9 Å². The van der Waals surface area contributed by atoms with Gasteiger partial charge in [-0.3, -0.25) is 9.59 Å². The summed E-state index contributed by atoms with van der Waals surface area (Å²) in [6, 6.07) is 13.3. The molecule has 0 radical (unpaired) electrons. The van der Waals surface area contributed by atoms with Crippen LogP contribution in [0.3, 0.4) is 0 Å². The summed E-state index contributed by atoms with van der Waals surface area (Å²) in [6.07, 6.45) is 0.159. The molecule has 27 heavy (non-hydrogen) atoms. The van der Waals surface area contributed by atoms with Crippen LogP contribution in [0, 0.1) is 12.8 Å². The number of ether oxygens (including phenoxy) is 1. The Hall–Kier alpha value is -2.93. The van der Waals surface area contributed by atoms with Gasteiger partial charge in [-0.15, -0.1) is 11.3 Å². The van der Waals surface area contributed by atoms with Crippen LogP contribution in [-0.4, -0.2) is 23.6 Å². The fourth-order valence-corrected chi connectivity index (χ4v) is 3.69. The first kappa shape index (κ1) is 17.5. The molecule has 0 bridgehead atoms. The zero-order chi connectivity index (χ0) is 18.8. The molecule has 0 saturated carbocycles. The van der Waals surface area contributed by atoms with Crippen LogP contribution in [0.15, 0.2) is 52.4 Å². The van der Waals surface area contributed by atoms with E-state index in [0.717, 1.165) is 16.1 Å². The first-order chi connectivity index (χ1) is 13.1. The van der Waals surface area contributed by atoms with Crippen molar-refractivity contribution in [2.75, 3.05) is 11.4 Å². The highest BCUT2D eigenvalue weighted by Crippen LogP contribution is 2.27. The van der Waals surface area contributed by atoms with Gasteiger partial charge in [-0.2, -0.15) is 0 Å². The monoisotopic (exact) mass is 382 g/mol. The Kier molecular flexibility index (Phi) is 4.77. The highest BCUT2D eigenvalue weighted by atomic mass is 32.1. The van der Waals surface area contributed by atoms with Crippen molar-refractivity contribution in [1.82, 2.24) is 5.16 Å². The molecule has 138 valence electrons. The lowest BCUT2D eigenvalue weighted by molar-refractivity contribution is -0.149. The number of nitrogens with zero attached hydrogens (tertiary/aromatic N) is 2. The van der Waals surface area contributed by atoms with Crippen LogP contribution in [0.2, 0.25) is 0 Å². The lowest BCUT2D eigenvalue weighted by Crippen LogP contribution is -2.26. The van der Waals surface area contributed by atoms with Gasteiger partial charge in [0.25, 0.3) is 0 Å². The van der Waals surface area contributed by atoms with E-state index in [1.807, 2.05) is 48.7 Å². The van der Waals surface area contributed by atoms with Crippen molar-refractivity contribution in [3.05, 3.63) is 59.1 Å². The predicted molar refractivity (Wildman–Crippen MR) is 101 cm³/mol. The molecule has 0 N–H and O–H groups in total. The van der Waals surface area contributed by atoms with E-state index in [1.165, 1.54) is 0 Å². The molecule has 1 aliphatic heterocycles. The van der Waals surface area contributed by atoms with Crippen LogP contribution in [0.5, 0.6) is 0 Å². The standard InChI is InChI=1S/C20H18N2O4S/c1-13-4-6-16(7-5-13)22-11-14(9-19(22)23)20(24)25-12-15-10-17(26-21-15)18-3-2-8-27-18/h2-8,10,14H,9,11-12H2,1H3. The van der Waals surface area contributed by atoms with Crippen LogP contribution >= 0.6 is 11.3 Å². The Morgan fingerprint density at radius 3 is 2.89 bits per heavy atom. The summed E-state index contributed by atoms with van der Waals surface area (Å²) in [5, 5.41) is 5.89. The number of aromatic nitrogens is 1. The summed E-state index contributed by atoms with van der Waals surface area (Å²) in [6.45, 7) is 2.35. The van der Waals surface area contributed by atoms with Crippen molar-refractivity contribution in [3.63, 3.8) is 0 Å². The van der Waals surface area contributed by atoms with E-state index in [9.17, 15) is 9.59 Å². The number of thiophene rings is 1. The fourth-order valence-electron chi connectivity index (χ4n) is 3.02. The van der Waals surface area contributed by atoms with Gasteiger partial charge in [0.15, 0.2) is 5.76 Å². The number of anilines is 1. The molecule has 6 nitrogen and oxygen atoms in total. The molecule has 1 saturated heterocycles. The summed E-state index contributed by atoms with van der Waals surface area (Å²) >= 11 is 1.55. The SMILES string of the molecule is Cc1ccc(N2CC(C(=O)OCc3cc(-c4cccs4)on3)CC2=O)cc1. The molecule has 1 aliphatic rings. The maximum Gasteiger partial charge on any atom is 0.311 e. The fraction of sp³-hybridized carbons (Fsp3) is 0.250. The lowest BCUT2D eigenvalue weighted by atomic mass is 10.1. The zero-order valence-electron chi connectivity index (χ0n) is 14.8. The first-order valence-electron chi connectivity index (χ1n) is 8.63. The van der Waals surface area contributed by atoms with Crippen molar-refractivity contribution < 1.29 is 18.8 Å². The van der Waals surface area contributed by atoms with E-state index in [2.05, 4.69) is 5.16 Å². The van der Waals surface area contributed by atoms with Crippen molar-refractivity contribution >= 4 is 28.9 Å². The van der Waals surface area contributed by atoms with Crippen LogP contribution in [0.4, 0.5) is 5.69 Å². The summed E-state index contributed by atoms with van der Waals surface area (Å²) in [7, 11) is 0. The minimum absolute atomic E-state index is 0.0307. The number of hydrogen-bond donors (Lipinski definition) is 0. The molecule has 2 aromatic heterocycles. The minimum atomic E-state index is -0.470. The quantitative estimate of drug-likeness (QED) is 0.628. The smallest absolute Gasteiger partial charge is 0.311 e. The first-order valence-corrected chi connectivity index (χ1v) is 9.51. The maximum atomic E-state index is 12.4. The molecule has 7 heteroatoms. The molecular weight excluding hydrogens is 364 g/mol. The van der Waals surface area contributed by atoms with Gasteiger partial charge >= 0.3 is 5.97 Å². The molecule has 3 aromatic rings. The number of benzene rings is 1. The molecule has 1 unspecified atom stereocenters. The average molecular weight is 382 g/mol. The van der Waals surface area contributed by atoms with Crippen LogP contribution in [0.1, 0.15) is 17.7 Å². The van der Waals surface area contributed by atoms with Gasteiger partial charge in [0.05, 0.1) is 10.8 Å². The van der Waals surface area contributed by atoms with Crippen molar-refractivity contribution in [1.29, 1.82) is 0 Å². The van der Waals surface area contributed by atoms with Gasteiger partial charge in [-0.05, 0) is 30.5 Å². The third kappa shape index (κ3) is 3.78. The molecular formula is C20H18N2O4S. The van der Waals surface area contributed by atoms with Crippen molar-refractivity contribution in [3.8, 4) is 10.6 Å². The highest BCUT2D eigenvalue weighted by Gasteiger charge is 2.36. The summed E-state index contributed by atoms with van der Waals surface area (Å²) < 4.78 is 10.6. The minimum Gasteiger partial charge on any atom is -0.459 e. The Morgan fingerprint density at radius 2 is 2.15 bits per heavy atom. The number of amides is 1. The van der Waals surface area contributed by atoms with Gasteiger partial charge in [0, 0.05) is 24.7 Å². The maximum absolute atomic E-state index is 12.4. The number of carbonyl (C=O) groups excluding carboxylic acids is 2. The van der Waals surface area contributed by atoms with Gasteiger partial charge in [-0.1, -0.05) is 28.9 Å². The lowest BCUT2D eigenvalue weighted by Gasteiger charge is -2.16. The second-order valence-electron chi connectivity index (χ2n) is 6.51. The van der Waals surface area contributed by atoms with E-state index in [1.54, 1.807) is 22.3 Å².